The molecule has 1 atom stereocenters. The number of phosphoric acid groups is 1. The van der Waals surface area contributed by atoms with Gasteiger partial charge >= 0.3 is 7.82 Å². The van der Waals surface area contributed by atoms with Crippen molar-refractivity contribution >= 4 is 7.82 Å². The molecule has 0 spiro atoms. The van der Waals surface area contributed by atoms with Crippen molar-refractivity contribution in [1.29, 1.82) is 0 Å². The van der Waals surface area contributed by atoms with Crippen molar-refractivity contribution in [3.63, 3.8) is 0 Å². The van der Waals surface area contributed by atoms with E-state index in [4.69, 9.17) is 0 Å². The van der Waals surface area contributed by atoms with Crippen molar-refractivity contribution in [2.75, 3.05) is 0 Å². The van der Waals surface area contributed by atoms with Crippen molar-refractivity contribution < 1.29 is 40.5 Å². The summed E-state index contributed by atoms with van der Waals surface area (Å²) >= 11 is 0. The molecule has 0 aliphatic heterocycles. The van der Waals surface area contributed by atoms with Crippen molar-refractivity contribution in [2.45, 2.75) is 0 Å². The SMILES string of the molecule is O=P(O)(Oc1ccccc1)Oc1c(F)c(F)c(F)c(F)c1F. The molecule has 22 heavy (non-hydrogen) atoms. The molecular formula is C12H6F5O4P. The maximum absolute atomic E-state index is 13.3. The van der Waals surface area contributed by atoms with Crippen LogP contribution in [-0.4, -0.2) is 4.89 Å². The summed E-state index contributed by atoms with van der Waals surface area (Å²) < 4.78 is 85.4. The Morgan fingerprint density at radius 3 is 1.73 bits per heavy atom. The number of hydrogen-bond acceptors (Lipinski definition) is 3. The lowest BCUT2D eigenvalue weighted by Crippen LogP contribution is -2.08. The molecule has 10 heteroatoms. The van der Waals surface area contributed by atoms with Crippen LogP contribution in [0, 0.1) is 29.1 Å². The summed E-state index contributed by atoms with van der Waals surface area (Å²) in [5, 5.41) is 0. The van der Waals surface area contributed by atoms with Crippen LogP contribution in [0.1, 0.15) is 0 Å². The van der Waals surface area contributed by atoms with E-state index in [0.29, 0.717) is 0 Å². The van der Waals surface area contributed by atoms with Crippen molar-refractivity contribution in [2.24, 2.45) is 0 Å². The molecular weight excluding hydrogens is 334 g/mol. The van der Waals surface area contributed by atoms with Crippen LogP contribution in [0.25, 0.3) is 0 Å². The maximum Gasteiger partial charge on any atom is 0.585 e. The Morgan fingerprint density at radius 1 is 0.773 bits per heavy atom. The minimum absolute atomic E-state index is 0.211. The molecule has 0 amide bonds. The number of rotatable bonds is 4. The van der Waals surface area contributed by atoms with E-state index in [-0.39, 0.29) is 5.75 Å². The molecule has 2 rings (SSSR count). The Hall–Kier alpha value is -2.12. The number of benzene rings is 2. The molecule has 2 aromatic rings. The van der Waals surface area contributed by atoms with Crippen LogP contribution >= 0.6 is 7.82 Å². The summed E-state index contributed by atoms with van der Waals surface area (Å²) in [5.41, 5.74) is 0. The zero-order valence-electron chi connectivity index (χ0n) is 10.4. The summed E-state index contributed by atoms with van der Waals surface area (Å²) in [5.74, 6) is -13.9. The number of hydrogen-bond donors (Lipinski definition) is 1. The monoisotopic (exact) mass is 340 g/mol. The van der Waals surface area contributed by atoms with Crippen LogP contribution in [0.15, 0.2) is 30.3 Å². The van der Waals surface area contributed by atoms with Gasteiger partial charge in [0, 0.05) is 0 Å². The van der Waals surface area contributed by atoms with Gasteiger partial charge in [-0.25, -0.2) is 17.7 Å². The van der Waals surface area contributed by atoms with E-state index in [9.17, 15) is 31.4 Å². The fourth-order valence-corrected chi connectivity index (χ4v) is 2.23. The second kappa shape index (κ2) is 5.94. The second-order valence-electron chi connectivity index (χ2n) is 3.86. The first-order valence-corrected chi connectivity index (χ1v) is 7.01. The topological polar surface area (TPSA) is 55.8 Å². The van der Waals surface area contributed by atoms with Gasteiger partial charge in [-0.3, -0.25) is 4.89 Å². The van der Waals surface area contributed by atoms with Gasteiger partial charge in [-0.1, -0.05) is 18.2 Å². The van der Waals surface area contributed by atoms with Gasteiger partial charge in [0.1, 0.15) is 5.75 Å². The molecule has 118 valence electrons. The second-order valence-corrected chi connectivity index (χ2v) is 5.17. The van der Waals surface area contributed by atoms with Gasteiger partial charge in [-0.05, 0) is 12.1 Å². The van der Waals surface area contributed by atoms with Gasteiger partial charge in [-0.2, -0.15) is 8.78 Å². The minimum atomic E-state index is -5.18. The first-order valence-electron chi connectivity index (χ1n) is 5.51. The predicted molar refractivity (Wildman–Crippen MR) is 63.8 cm³/mol. The van der Waals surface area contributed by atoms with Crippen LogP contribution in [0.4, 0.5) is 22.0 Å². The standard InChI is InChI=1S/C12H6F5O4P/c13-7-8(14)10(16)12(11(17)9(7)15)21-22(18,19)20-6-4-2-1-3-5-6/h1-5H,(H,18,19). The molecule has 0 heterocycles. The Kier molecular flexibility index (Phi) is 4.39. The van der Waals surface area contributed by atoms with Crippen molar-refractivity contribution in [1.82, 2.24) is 0 Å². The van der Waals surface area contributed by atoms with Gasteiger partial charge in [0.25, 0.3) is 0 Å². The van der Waals surface area contributed by atoms with E-state index in [1.54, 1.807) is 6.07 Å². The van der Waals surface area contributed by atoms with E-state index in [1.165, 1.54) is 24.3 Å². The van der Waals surface area contributed by atoms with Crippen LogP contribution in [0.3, 0.4) is 0 Å². The van der Waals surface area contributed by atoms with Gasteiger partial charge in [0.2, 0.25) is 34.8 Å². The smallest absolute Gasteiger partial charge is 0.395 e. The third-order valence-electron chi connectivity index (χ3n) is 2.34. The third-order valence-corrected chi connectivity index (χ3v) is 3.19. The highest BCUT2D eigenvalue weighted by molar-refractivity contribution is 7.48. The first kappa shape index (κ1) is 16.3. The molecule has 1 N–H and O–H groups in total. The zero-order chi connectivity index (χ0) is 16.5. The number of phosphoric ester groups is 1. The van der Waals surface area contributed by atoms with E-state index in [0.717, 1.165) is 0 Å². The molecule has 0 aromatic heterocycles. The largest absolute Gasteiger partial charge is 0.585 e. The summed E-state index contributed by atoms with van der Waals surface area (Å²) in [7, 11) is -5.18. The molecule has 0 saturated carbocycles. The Bertz CT molecular complexity index is 724. The molecule has 0 aliphatic carbocycles. The molecule has 1 unspecified atom stereocenters. The zero-order valence-corrected chi connectivity index (χ0v) is 11.3. The van der Waals surface area contributed by atoms with Gasteiger partial charge < -0.3 is 9.05 Å². The lowest BCUT2D eigenvalue weighted by molar-refractivity contribution is 0.269. The molecule has 2 aromatic carbocycles. The van der Waals surface area contributed by atoms with Crippen LogP contribution in [0.5, 0.6) is 11.5 Å². The molecule has 0 bridgehead atoms. The van der Waals surface area contributed by atoms with Gasteiger partial charge in [0.05, 0.1) is 0 Å². The Labute approximate surface area is 120 Å². The normalized spacial score (nSPS) is 13.5. The number of para-hydroxylation sites is 1. The van der Waals surface area contributed by atoms with E-state index >= 15 is 0 Å². The van der Waals surface area contributed by atoms with E-state index in [2.05, 4.69) is 9.05 Å². The molecule has 0 saturated heterocycles. The summed E-state index contributed by atoms with van der Waals surface area (Å²) in [6.45, 7) is 0. The minimum Gasteiger partial charge on any atom is -0.395 e. The molecule has 0 radical (unpaired) electrons. The fourth-order valence-electron chi connectivity index (χ4n) is 1.41. The van der Waals surface area contributed by atoms with E-state index in [1.807, 2.05) is 0 Å². The summed E-state index contributed by atoms with van der Waals surface area (Å²) in [6.07, 6.45) is 0. The highest BCUT2D eigenvalue weighted by Crippen LogP contribution is 2.46. The third kappa shape index (κ3) is 3.20. The lowest BCUT2D eigenvalue weighted by Gasteiger charge is -2.15. The van der Waals surface area contributed by atoms with Crippen LogP contribution < -0.4 is 9.05 Å². The lowest BCUT2D eigenvalue weighted by atomic mass is 10.3. The fraction of sp³-hybridized carbons (Fsp3) is 0. The maximum atomic E-state index is 13.3. The van der Waals surface area contributed by atoms with Crippen molar-refractivity contribution in [3.05, 3.63) is 59.4 Å². The van der Waals surface area contributed by atoms with Crippen molar-refractivity contribution in [3.8, 4) is 11.5 Å². The molecule has 0 aliphatic rings. The average molecular weight is 340 g/mol. The predicted octanol–water partition coefficient (Wildman–Crippen LogP) is 3.94. The summed E-state index contributed by atoms with van der Waals surface area (Å²) in [4.78, 5) is 9.36. The van der Waals surface area contributed by atoms with Gasteiger partial charge in [-0.15, -0.1) is 0 Å². The molecule has 4 nitrogen and oxygen atoms in total. The Balaban J connectivity index is 2.36. The quantitative estimate of drug-likeness (QED) is 0.396. The van der Waals surface area contributed by atoms with Crippen LogP contribution in [-0.2, 0) is 4.57 Å². The first-order chi connectivity index (χ1) is 10.2. The van der Waals surface area contributed by atoms with E-state index < -0.39 is 42.7 Å². The Morgan fingerprint density at radius 2 is 1.23 bits per heavy atom. The van der Waals surface area contributed by atoms with Crippen LogP contribution in [0.2, 0.25) is 0 Å². The average Bonchev–Trinajstić information content (AvgIpc) is 2.48. The molecule has 0 fully saturated rings. The highest BCUT2D eigenvalue weighted by atomic mass is 31.2. The highest BCUT2D eigenvalue weighted by Gasteiger charge is 2.34. The summed E-state index contributed by atoms with van der Waals surface area (Å²) in [6, 6.07) is 6.79. The van der Waals surface area contributed by atoms with Gasteiger partial charge in [0.15, 0.2) is 0 Å². The number of halogens is 5.